The van der Waals surface area contributed by atoms with Crippen molar-refractivity contribution < 1.29 is 4.74 Å². The fourth-order valence-electron chi connectivity index (χ4n) is 4.27. The lowest BCUT2D eigenvalue weighted by atomic mass is 10.1. The van der Waals surface area contributed by atoms with Crippen molar-refractivity contribution in [2.45, 2.75) is 19.1 Å². The average molecular weight is 437 g/mol. The first-order valence-electron chi connectivity index (χ1n) is 10.5. The van der Waals surface area contributed by atoms with Crippen LogP contribution in [0.5, 0.6) is 0 Å². The first-order chi connectivity index (χ1) is 15.2. The molecular weight excluding hydrogens is 412 g/mol. The molecule has 0 spiro atoms. The smallest absolute Gasteiger partial charge is 0.182 e. The molecule has 1 aromatic carbocycles. The van der Waals surface area contributed by atoms with Crippen molar-refractivity contribution in [2.75, 3.05) is 26.7 Å². The van der Waals surface area contributed by atoms with E-state index < -0.39 is 0 Å². The Morgan fingerprint density at radius 3 is 2.61 bits per heavy atom. The molecule has 0 bridgehead atoms. The lowest BCUT2D eigenvalue weighted by Gasteiger charge is -2.15. The van der Waals surface area contributed by atoms with E-state index in [1.54, 1.807) is 7.11 Å². The standard InChI is InChI=1S/C23H25ClN6O/c1-28-11-6-9-18(28)22-19-20(24)21(16-7-4-3-5-8-16)25-26-23(19)30(27-22)14-13-29-12-10-17(15-29)31-2/h3-9,11,17H,10,12-15H2,1-2H3. The third kappa shape index (κ3) is 3.73. The maximum Gasteiger partial charge on any atom is 0.182 e. The summed E-state index contributed by atoms with van der Waals surface area (Å²) in [6.45, 7) is 3.58. The van der Waals surface area contributed by atoms with Crippen LogP contribution in [0.3, 0.4) is 0 Å². The van der Waals surface area contributed by atoms with Crippen LogP contribution in [-0.4, -0.2) is 62.3 Å². The van der Waals surface area contributed by atoms with Crippen molar-refractivity contribution in [1.29, 1.82) is 0 Å². The lowest BCUT2D eigenvalue weighted by molar-refractivity contribution is 0.107. The van der Waals surface area contributed by atoms with Crippen LogP contribution in [0, 0.1) is 0 Å². The zero-order chi connectivity index (χ0) is 21.4. The number of aromatic nitrogens is 5. The summed E-state index contributed by atoms with van der Waals surface area (Å²) in [6.07, 6.45) is 3.39. The Labute approximate surface area is 186 Å². The summed E-state index contributed by atoms with van der Waals surface area (Å²) in [5.74, 6) is 0. The normalized spacial score (nSPS) is 17.1. The van der Waals surface area contributed by atoms with Crippen LogP contribution in [0.25, 0.3) is 33.7 Å². The third-order valence-electron chi connectivity index (χ3n) is 6.02. The fourth-order valence-corrected chi connectivity index (χ4v) is 4.59. The van der Waals surface area contributed by atoms with E-state index in [-0.39, 0.29) is 0 Å². The fraction of sp³-hybridized carbons (Fsp3) is 0.348. The van der Waals surface area contributed by atoms with Crippen molar-refractivity contribution in [3.05, 3.63) is 53.7 Å². The predicted molar refractivity (Wildman–Crippen MR) is 122 cm³/mol. The number of aryl methyl sites for hydroxylation is 1. The van der Waals surface area contributed by atoms with Crippen LogP contribution in [0.2, 0.25) is 5.02 Å². The minimum atomic E-state index is 0.316. The SMILES string of the molecule is COC1CCN(CCn2nc(-c3cccn3C)c3c(Cl)c(-c4ccccc4)nnc32)C1. The third-order valence-corrected chi connectivity index (χ3v) is 6.39. The second-order valence-electron chi connectivity index (χ2n) is 7.95. The molecule has 4 heterocycles. The molecule has 1 aliphatic rings. The number of fused-ring (bicyclic) bond motifs is 1. The Hall–Kier alpha value is -2.74. The second kappa shape index (κ2) is 8.42. The Kier molecular flexibility index (Phi) is 5.48. The number of methoxy groups -OCH3 is 1. The van der Waals surface area contributed by atoms with Crippen LogP contribution >= 0.6 is 11.6 Å². The molecule has 3 aromatic heterocycles. The predicted octanol–water partition coefficient (Wildman–Crippen LogP) is 3.87. The van der Waals surface area contributed by atoms with Crippen LogP contribution in [0.4, 0.5) is 0 Å². The molecule has 8 heteroatoms. The van der Waals surface area contributed by atoms with E-state index in [2.05, 4.69) is 25.7 Å². The number of ether oxygens (including phenoxy) is 1. The molecule has 31 heavy (non-hydrogen) atoms. The number of likely N-dealkylation sites (tertiary alicyclic amines) is 1. The lowest BCUT2D eigenvalue weighted by Crippen LogP contribution is -2.27. The van der Waals surface area contributed by atoms with Gasteiger partial charge in [0.25, 0.3) is 0 Å². The van der Waals surface area contributed by atoms with Gasteiger partial charge >= 0.3 is 0 Å². The van der Waals surface area contributed by atoms with E-state index in [4.69, 9.17) is 21.4 Å². The summed E-state index contributed by atoms with van der Waals surface area (Å²) in [5, 5.41) is 15.4. The highest BCUT2D eigenvalue weighted by Crippen LogP contribution is 2.37. The van der Waals surface area contributed by atoms with E-state index in [0.29, 0.717) is 29.0 Å². The molecule has 160 valence electrons. The van der Waals surface area contributed by atoms with Crippen molar-refractivity contribution in [1.82, 2.24) is 29.4 Å². The minimum absolute atomic E-state index is 0.316. The topological polar surface area (TPSA) is 61.0 Å². The molecule has 0 radical (unpaired) electrons. The Balaban J connectivity index is 1.57. The van der Waals surface area contributed by atoms with Gasteiger partial charge in [0.05, 0.1) is 28.8 Å². The Morgan fingerprint density at radius 2 is 1.90 bits per heavy atom. The molecule has 1 unspecified atom stereocenters. The van der Waals surface area contributed by atoms with Gasteiger partial charge < -0.3 is 9.30 Å². The van der Waals surface area contributed by atoms with Gasteiger partial charge in [-0.1, -0.05) is 41.9 Å². The molecule has 7 nitrogen and oxygen atoms in total. The summed E-state index contributed by atoms with van der Waals surface area (Å²) in [4.78, 5) is 2.40. The largest absolute Gasteiger partial charge is 0.380 e. The van der Waals surface area contributed by atoms with Crippen LogP contribution in [0.15, 0.2) is 48.7 Å². The van der Waals surface area contributed by atoms with Gasteiger partial charge in [-0.15, -0.1) is 10.2 Å². The highest BCUT2D eigenvalue weighted by Gasteiger charge is 2.24. The highest BCUT2D eigenvalue weighted by atomic mass is 35.5. The van der Waals surface area contributed by atoms with Crippen LogP contribution < -0.4 is 0 Å². The van der Waals surface area contributed by atoms with Gasteiger partial charge in [0, 0.05) is 45.6 Å². The molecule has 5 rings (SSSR count). The zero-order valence-electron chi connectivity index (χ0n) is 17.7. The quantitative estimate of drug-likeness (QED) is 0.459. The first-order valence-corrected chi connectivity index (χ1v) is 10.9. The monoisotopic (exact) mass is 436 g/mol. The molecule has 1 fully saturated rings. The maximum atomic E-state index is 6.94. The molecule has 0 N–H and O–H groups in total. The van der Waals surface area contributed by atoms with Gasteiger partial charge in [-0.2, -0.15) is 5.10 Å². The van der Waals surface area contributed by atoms with Crippen molar-refractivity contribution in [3.8, 4) is 22.6 Å². The summed E-state index contributed by atoms with van der Waals surface area (Å²) in [6, 6.07) is 14.0. The van der Waals surface area contributed by atoms with Crippen molar-refractivity contribution in [3.63, 3.8) is 0 Å². The Bertz CT molecular complexity index is 1200. The molecule has 0 amide bonds. The zero-order valence-corrected chi connectivity index (χ0v) is 18.5. The second-order valence-corrected chi connectivity index (χ2v) is 8.33. The van der Waals surface area contributed by atoms with E-state index in [0.717, 1.165) is 48.4 Å². The van der Waals surface area contributed by atoms with Gasteiger partial charge in [0.2, 0.25) is 0 Å². The molecule has 4 aromatic rings. The molecule has 1 saturated heterocycles. The van der Waals surface area contributed by atoms with Crippen molar-refractivity contribution in [2.24, 2.45) is 7.05 Å². The van der Waals surface area contributed by atoms with E-state index in [1.165, 1.54) is 0 Å². The summed E-state index contributed by atoms with van der Waals surface area (Å²) >= 11 is 6.94. The van der Waals surface area contributed by atoms with Gasteiger partial charge in [0.15, 0.2) is 5.65 Å². The minimum Gasteiger partial charge on any atom is -0.380 e. The molecule has 1 aliphatic heterocycles. The number of nitrogens with zero attached hydrogens (tertiary/aromatic N) is 6. The molecular formula is C23H25ClN6O. The summed E-state index contributed by atoms with van der Waals surface area (Å²) in [7, 11) is 3.79. The number of hydrogen-bond donors (Lipinski definition) is 0. The van der Waals surface area contributed by atoms with E-state index in [1.807, 2.05) is 54.3 Å². The molecule has 1 atom stereocenters. The van der Waals surface area contributed by atoms with Gasteiger partial charge in [-0.3, -0.25) is 4.90 Å². The van der Waals surface area contributed by atoms with Gasteiger partial charge in [0.1, 0.15) is 11.4 Å². The Morgan fingerprint density at radius 1 is 1.06 bits per heavy atom. The van der Waals surface area contributed by atoms with Crippen LogP contribution in [-0.2, 0) is 18.3 Å². The molecule has 0 saturated carbocycles. The van der Waals surface area contributed by atoms with E-state index in [9.17, 15) is 0 Å². The summed E-state index contributed by atoms with van der Waals surface area (Å²) in [5.41, 5.74) is 4.15. The highest BCUT2D eigenvalue weighted by molar-refractivity contribution is 6.38. The maximum absolute atomic E-state index is 6.94. The first kappa shape index (κ1) is 20.2. The van der Waals surface area contributed by atoms with E-state index >= 15 is 0 Å². The number of rotatable bonds is 6. The molecule has 0 aliphatic carbocycles. The summed E-state index contributed by atoms with van der Waals surface area (Å²) < 4.78 is 9.48. The number of benzene rings is 1. The van der Waals surface area contributed by atoms with Crippen LogP contribution in [0.1, 0.15) is 6.42 Å². The van der Waals surface area contributed by atoms with Gasteiger partial charge in [-0.05, 0) is 18.6 Å². The number of hydrogen-bond acceptors (Lipinski definition) is 5. The average Bonchev–Trinajstić information content (AvgIpc) is 3.51. The van der Waals surface area contributed by atoms with Gasteiger partial charge in [-0.25, -0.2) is 4.68 Å². The van der Waals surface area contributed by atoms with Crippen molar-refractivity contribution >= 4 is 22.6 Å². The number of halogens is 1.